The Hall–Kier alpha value is -1.06. The number of hydrogen-bond donors (Lipinski definition) is 2. The molecule has 0 spiro atoms. The molecule has 1 aromatic carbocycles. The van der Waals surface area contributed by atoms with Gasteiger partial charge in [0.2, 0.25) is 5.91 Å². The fourth-order valence-electron chi connectivity index (χ4n) is 2.08. The largest absolute Gasteiger partial charge is 0.355 e. The summed E-state index contributed by atoms with van der Waals surface area (Å²) < 4.78 is 0. The molecule has 1 unspecified atom stereocenters. The highest BCUT2D eigenvalue weighted by Crippen LogP contribution is 2.16. The fourth-order valence-corrected chi connectivity index (χ4v) is 2.08. The number of benzene rings is 1. The molecular formula is C15H23ClN2O. The predicted octanol–water partition coefficient (Wildman–Crippen LogP) is 2.11. The van der Waals surface area contributed by atoms with Crippen molar-refractivity contribution in [1.82, 2.24) is 10.6 Å². The molecule has 2 N–H and O–H groups in total. The molecule has 106 valence electrons. The quantitative estimate of drug-likeness (QED) is 0.868. The molecule has 1 heterocycles. The lowest BCUT2D eigenvalue weighted by atomic mass is 9.97. The van der Waals surface area contributed by atoms with Gasteiger partial charge in [-0.15, -0.1) is 12.4 Å². The van der Waals surface area contributed by atoms with Gasteiger partial charge in [0.25, 0.3) is 0 Å². The predicted molar refractivity (Wildman–Crippen MR) is 80.9 cm³/mol. The van der Waals surface area contributed by atoms with Crippen LogP contribution in [0.2, 0.25) is 0 Å². The third-order valence-electron chi connectivity index (χ3n) is 3.71. The topological polar surface area (TPSA) is 41.1 Å². The summed E-state index contributed by atoms with van der Waals surface area (Å²) in [6.07, 6.45) is 1.04. The average Bonchev–Trinajstić information content (AvgIpc) is 2.36. The molecule has 0 bridgehead atoms. The van der Waals surface area contributed by atoms with Crippen LogP contribution in [0.3, 0.4) is 0 Å². The van der Waals surface area contributed by atoms with Gasteiger partial charge in [0, 0.05) is 25.6 Å². The van der Waals surface area contributed by atoms with Crippen molar-refractivity contribution in [2.75, 3.05) is 19.6 Å². The van der Waals surface area contributed by atoms with Gasteiger partial charge in [0.1, 0.15) is 0 Å². The molecule has 0 radical (unpaired) electrons. The van der Waals surface area contributed by atoms with Gasteiger partial charge in [0.05, 0.1) is 5.92 Å². The fraction of sp³-hybridized carbons (Fsp3) is 0.533. The summed E-state index contributed by atoms with van der Waals surface area (Å²) in [6.45, 7) is 6.95. The molecule has 19 heavy (non-hydrogen) atoms. The molecule has 0 aromatic heterocycles. The lowest BCUT2D eigenvalue weighted by Crippen LogP contribution is -2.48. The Labute approximate surface area is 121 Å². The second-order valence-corrected chi connectivity index (χ2v) is 5.09. The first kappa shape index (κ1) is 16.0. The van der Waals surface area contributed by atoms with Crippen LogP contribution in [0.25, 0.3) is 0 Å². The number of hydrogen-bond acceptors (Lipinski definition) is 2. The number of halogens is 1. The third kappa shape index (κ3) is 4.22. The van der Waals surface area contributed by atoms with Crippen LogP contribution in [-0.2, 0) is 11.2 Å². The van der Waals surface area contributed by atoms with E-state index in [-0.39, 0.29) is 24.2 Å². The van der Waals surface area contributed by atoms with E-state index in [9.17, 15) is 4.79 Å². The van der Waals surface area contributed by atoms with Crippen LogP contribution in [0.15, 0.2) is 24.3 Å². The van der Waals surface area contributed by atoms with Crippen molar-refractivity contribution >= 4 is 18.3 Å². The Balaban J connectivity index is 0.00000180. The van der Waals surface area contributed by atoms with Crippen LogP contribution < -0.4 is 10.6 Å². The number of amides is 1. The Kier molecular flexibility index (Phi) is 6.32. The highest BCUT2D eigenvalue weighted by atomic mass is 35.5. The van der Waals surface area contributed by atoms with E-state index in [0.29, 0.717) is 5.92 Å². The molecule has 3 nitrogen and oxygen atoms in total. The van der Waals surface area contributed by atoms with Gasteiger partial charge in [-0.05, 0) is 24.5 Å². The number of carbonyl (C=O) groups is 1. The van der Waals surface area contributed by atoms with Gasteiger partial charge in [-0.3, -0.25) is 4.79 Å². The SMILES string of the molecule is CCc1ccc(C(C)C(=O)NCC2CNC2)cc1.Cl. The highest BCUT2D eigenvalue weighted by Gasteiger charge is 2.20. The molecule has 1 saturated heterocycles. The van der Waals surface area contributed by atoms with Crippen LogP contribution in [0.5, 0.6) is 0 Å². The summed E-state index contributed by atoms with van der Waals surface area (Å²) in [7, 11) is 0. The van der Waals surface area contributed by atoms with E-state index in [4.69, 9.17) is 0 Å². The number of nitrogens with one attached hydrogen (secondary N) is 2. The van der Waals surface area contributed by atoms with Crippen molar-refractivity contribution in [1.29, 1.82) is 0 Å². The zero-order chi connectivity index (χ0) is 13.0. The first-order valence-corrected chi connectivity index (χ1v) is 6.78. The monoisotopic (exact) mass is 282 g/mol. The van der Waals surface area contributed by atoms with Crippen molar-refractivity contribution in [3.8, 4) is 0 Å². The van der Waals surface area contributed by atoms with Crippen LogP contribution in [0.4, 0.5) is 0 Å². The third-order valence-corrected chi connectivity index (χ3v) is 3.71. The smallest absolute Gasteiger partial charge is 0.227 e. The Morgan fingerprint density at radius 3 is 2.47 bits per heavy atom. The molecule has 1 aromatic rings. The zero-order valence-electron chi connectivity index (χ0n) is 11.6. The molecule has 1 amide bonds. The van der Waals surface area contributed by atoms with Crippen molar-refractivity contribution < 1.29 is 4.79 Å². The molecular weight excluding hydrogens is 260 g/mol. The Morgan fingerprint density at radius 1 is 1.37 bits per heavy atom. The molecule has 4 heteroatoms. The summed E-state index contributed by atoms with van der Waals surface area (Å²) in [5, 5.41) is 6.24. The van der Waals surface area contributed by atoms with Gasteiger partial charge in [-0.1, -0.05) is 31.2 Å². The number of carbonyl (C=O) groups excluding carboxylic acids is 1. The Morgan fingerprint density at radius 2 is 2.00 bits per heavy atom. The summed E-state index contributed by atoms with van der Waals surface area (Å²) in [5.41, 5.74) is 2.41. The lowest BCUT2D eigenvalue weighted by Gasteiger charge is -2.27. The summed E-state index contributed by atoms with van der Waals surface area (Å²) >= 11 is 0. The van der Waals surface area contributed by atoms with Crippen LogP contribution >= 0.6 is 12.4 Å². The molecule has 1 atom stereocenters. The molecule has 2 rings (SSSR count). The first-order valence-electron chi connectivity index (χ1n) is 6.78. The summed E-state index contributed by atoms with van der Waals surface area (Å²) in [6, 6.07) is 8.34. The van der Waals surface area contributed by atoms with Gasteiger partial charge in [0.15, 0.2) is 0 Å². The molecule has 1 fully saturated rings. The van der Waals surface area contributed by atoms with Crippen LogP contribution in [0.1, 0.15) is 30.9 Å². The maximum atomic E-state index is 12.0. The Bertz CT molecular complexity index is 401. The summed E-state index contributed by atoms with van der Waals surface area (Å²) in [4.78, 5) is 12.0. The molecule has 1 aliphatic heterocycles. The van der Waals surface area contributed by atoms with E-state index >= 15 is 0 Å². The lowest BCUT2D eigenvalue weighted by molar-refractivity contribution is -0.122. The maximum absolute atomic E-state index is 12.0. The van der Waals surface area contributed by atoms with Crippen molar-refractivity contribution in [2.45, 2.75) is 26.2 Å². The second-order valence-electron chi connectivity index (χ2n) is 5.09. The zero-order valence-corrected chi connectivity index (χ0v) is 12.4. The normalized spacial score (nSPS) is 16.1. The molecule has 0 saturated carbocycles. The van der Waals surface area contributed by atoms with E-state index in [2.05, 4.69) is 41.8 Å². The standard InChI is InChI=1S/C15H22N2O.ClH/c1-3-12-4-6-14(7-5-12)11(2)15(18)17-10-13-8-16-9-13;/h4-7,11,13,16H,3,8-10H2,1-2H3,(H,17,18);1H. The minimum Gasteiger partial charge on any atom is -0.355 e. The second kappa shape index (κ2) is 7.51. The minimum absolute atomic E-state index is 0. The maximum Gasteiger partial charge on any atom is 0.227 e. The first-order chi connectivity index (χ1) is 8.70. The van der Waals surface area contributed by atoms with Crippen LogP contribution in [0, 0.1) is 5.92 Å². The van der Waals surface area contributed by atoms with Crippen molar-refractivity contribution in [3.63, 3.8) is 0 Å². The van der Waals surface area contributed by atoms with Crippen molar-refractivity contribution in [2.24, 2.45) is 5.92 Å². The molecule has 1 aliphatic rings. The van der Waals surface area contributed by atoms with Crippen molar-refractivity contribution in [3.05, 3.63) is 35.4 Å². The average molecular weight is 283 g/mol. The van der Waals surface area contributed by atoms with Gasteiger partial charge >= 0.3 is 0 Å². The minimum atomic E-state index is -0.0658. The van der Waals surface area contributed by atoms with Gasteiger partial charge < -0.3 is 10.6 Å². The van der Waals surface area contributed by atoms with E-state index in [1.54, 1.807) is 0 Å². The summed E-state index contributed by atoms with van der Waals surface area (Å²) in [5.74, 6) is 0.679. The van der Waals surface area contributed by atoms with E-state index in [0.717, 1.165) is 31.6 Å². The van der Waals surface area contributed by atoms with Crippen LogP contribution in [-0.4, -0.2) is 25.5 Å². The van der Waals surface area contributed by atoms with E-state index in [1.165, 1.54) is 5.56 Å². The highest BCUT2D eigenvalue weighted by molar-refractivity contribution is 5.85. The van der Waals surface area contributed by atoms with Gasteiger partial charge in [-0.25, -0.2) is 0 Å². The molecule has 0 aliphatic carbocycles. The number of aryl methyl sites for hydroxylation is 1. The van der Waals surface area contributed by atoms with Gasteiger partial charge in [-0.2, -0.15) is 0 Å². The van der Waals surface area contributed by atoms with E-state index < -0.39 is 0 Å². The number of rotatable bonds is 5. The van der Waals surface area contributed by atoms with E-state index in [1.807, 2.05) is 6.92 Å².